The number of benzene rings is 1. The van der Waals surface area contributed by atoms with Crippen LogP contribution in [0.25, 0.3) is 0 Å². The molecule has 2 atom stereocenters. The van der Waals surface area contributed by atoms with E-state index in [-0.39, 0.29) is 11.7 Å². The Hall–Kier alpha value is -0.640. The molecule has 0 aromatic heterocycles. The van der Waals surface area contributed by atoms with Crippen molar-refractivity contribution in [2.45, 2.75) is 25.5 Å². The highest BCUT2D eigenvalue weighted by Gasteiger charge is 2.41. The molecule has 2 nitrogen and oxygen atoms in total. The highest BCUT2D eigenvalue weighted by Crippen LogP contribution is 2.38. The van der Waals surface area contributed by atoms with Crippen LogP contribution in [0.5, 0.6) is 0 Å². The minimum Gasteiger partial charge on any atom is -0.378 e. The van der Waals surface area contributed by atoms with Crippen molar-refractivity contribution in [3.63, 3.8) is 0 Å². The smallest absolute Gasteiger partial charge is 0.127 e. The molecule has 0 spiro atoms. The molecule has 1 aromatic rings. The molecule has 98 valence electrons. The van der Waals surface area contributed by atoms with Crippen molar-refractivity contribution < 1.29 is 9.50 Å². The van der Waals surface area contributed by atoms with Crippen molar-refractivity contribution in [3.8, 4) is 0 Å². The van der Waals surface area contributed by atoms with Crippen LogP contribution in [0, 0.1) is 17.7 Å². The lowest BCUT2D eigenvalue weighted by Crippen LogP contribution is -2.55. The maximum Gasteiger partial charge on any atom is 0.127 e. The molecule has 2 unspecified atom stereocenters. The Kier molecular flexibility index (Phi) is 3.31. The number of rotatable bonds is 2. The normalized spacial score (nSPS) is 34.8. The van der Waals surface area contributed by atoms with E-state index in [1.54, 1.807) is 12.1 Å². The van der Waals surface area contributed by atoms with Gasteiger partial charge in [0.15, 0.2) is 0 Å². The van der Waals surface area contributed by atoms with Crippen molar-refractivity contribution in [2.75, 3.05) is 13.1 Å². The summed E-state index contributed by atoms with van der Waals surface area (Å²) in [6.45, 7) is 1.96. The first-order valence-corrected chi connectivity index (χ1v) is 6.89. The summed E-state index contributed by atoms with van der Waals surface area (Å²) in [4.78, 5) is 2.11. The summed E-state index contributed by atoms with van der Waals surface area (Å²) < 4.78 is 13.8. The summed E-state index contributed by atoms with van der Waals surface area (Å²) in [5, 5.41) is 10.7. The number of nitrogens with zero attached hydrogens (tertiary/aromatic N) is 1. The van der Waals surface area contributed by atoms with E-state index in [0.29, 0.717) is 22.9 Å². The number of halogens is 2. The minimum atomic E-state index is -0.410. The lowest BCUT2D eigenvalue weighted by atomic mass is 9.75. The Morgan fingerprint density at radius 2 is 2.06 bits per heavy atom. The average Bonchev–Trinajstić information content (AvgIpc) is 2.37. The first kappa shape index (κ1) is 12.4. The quantitative estimate of drug-likeness (QED) is 0.892. The molecule has 1 aromatic carbocycles. The van der Waals surface area contributed by atoms with E-state index in [2.05, 4.69) is 4.90 Å². The van der Waals surface area contributed by atoms with Gasteiger partial charge in [-0.1, -0.05) is 17.7 Å². The second-order valence-electron chi connectivity index (χ2n) is 5.39. The van der Waals surface area contributed by atoms with E-state index in [1.165, 1.54) is 6.07 Å². The Balaban J connectivity index is 1.79. The van der Waals surface area contributed by atoms with Crippen LogP contribution in [0.4, 0.5) is 4.39 Å². The van der Waals surface area contributed by atoms with Crippen molar-refractivity contribution in [1.82, 2.24) is 4.90 Å². The van der Waals surface area contributed by atoms with Gasteiger partial charge in [-0.3, -0.25) is 4.90 Å². The summed E-state index contributed by atoms with van der Waals surface area (Å²) in [6, 6.07) is 4.81. The Morgan fingerprint density at radius 3 is 2.67 bits per heavy atom. The second-order valence-corrected chi connectivity index (χ2v) is 5.83. The molecule has 0 saturated carbocycles. The molecule has 2 bridgehead atoms. The predicted octanol–water partition coefficient (Wildman–Crippen LogP) is 2.68. The molecular formula is C14H17ClFNO. The summed E-state index contributed by atoms with van der Waals surface area (Å²) in [6.07, 6.45) is 2.44. The summed E-state index contributed by atoms with van der Waals surface area (Å²) in [5.41, 5.74) is 0.664. The van der Waals surface area contributed by atoms with Gasteiger partial charge in [0.1, 0.15) is 12.0 Å². The Bertz CT molecular complexity index is 443. The first-order valence-electron chi connectivity index (χ1n) is 6.51. The summed E-state index contributed by atoms with van der Waals surface area (Å²) in [7, 11) is 0. The van der Waals surface area contributed by atoms with Crippen LogP contribution in [0.1, 0.15) is 18.4 Å². The van der Waals surface area contributed by atoms with Gasteiger partial charge in [-0.05, 0) is 42.9 Å². The van der Waals surface area contributed by atoms with E-state index in [4.69, 9.17) is 11.6 Å². The molecule has 1 N–H and O–H groups in total. The standard InChI is InChI=1S/C14H17ClFNO/c15-11-2-1-10(13(16)8-11)7-12-9-3-5-17(6-4-9)14(12)18/h1-2,8-9,12,14,18H,3-7H2. The molecule has 3 fully saturated rings. The Labute approximate surface area is 111 Å². The van der Waals surface area contributed by atoms with Gasteiger partial charge in [-0.2, -0.15) is 0 Å². The number of aliphatic hydroxyl groups is 1. The zero-order valence-corrected chi connectivity index (χ0v) is 10.9. The van der Waals surface area contributed by atoms with Gasteiger partial charge in [-0.25, -0.2) is 4.39 Å². The fourth-order valence-corrected chi connectivity index (χ4v) is 3.50. The predicted molar refractivity (Wildman–Crippen MR) is 68.9 cm³/mol. The molecule has 0 amide bonds. The molecule has 3 aliphatic heterocycles. The van der Waals surface area contributed by atoms with Crippen LogP contribution in [-0.2, 0) is 6.42 Å². The third kappa shape index (κ3) is 2.15. The van der Waals surface area contributed by atoms with Gasteiger partial charge in [-0.15, -0.1) is 0 Å². The minimum absolute atomic E-state index is 0.156. The maximum absolute atomic E-state index is 13.8. The third-order valence-electron chi connectivity index (χ3n) is 4.41. The lowest BCUT2D eigenvalue weighted by molar-refractivity contribution is -0.125. The molecular weight excluding hydrogens is 253 g/mol. The maximum atomic E-state index is 13.8. The van der Waals surface area contributed by atoms with E-state index >= 15 is 0 Å². The van der Waals surface area contributed by atoms with Crippen LogP contribution in [-0.4, -0.2) is 29.3 Å². The zero-order valence-electron chi connectivity index (χ0n) is 10.1. The fourth-order valence-electron chi connectivity index (χ4n) is 3.34. The van der Waals surface area contributed by atoms with Crippen LogP contribution >= 0.6 is 11.6 Å². The average molecular weight is 270 g/mol. The molecule has 18 heavy (non-hydrogen) atoms. The monoisotopic (exact) mass is 269 g/mol. The van der Waals surface area contributed by atoms with Crippen molar-refractivity contribution in [2.24, 2.45) is 11.8 Å². The largest absolute Gasteiger partial charge is 0.378 e. The van der Waals surface area contributed by atoms with Gasteiger partial charge < -0.3 is 5.11 Å². The van der Waals surface area contributed by atoms with Gasteiger partial charge in [0, 0.05) is 24.0 Å². The Morgan fingerprint density at radius 1 is 1.33 bits per heavy atom. The van der Waals surface area contributed by atoms with Gasteiger partial charge >= 0.3 is 0 Å². The van der Waals surface area contributed by atoms with Gasteiger partial charge in [0.2, 0.25) is 0 Å². The van der Waals surface area contributed by atoms with Crippen molar-refractivity contribution in [3.05, 3.63) is 34.6 Å². The summed E-state index contributed by atoms with van der Waals surface area (Å²) in [5.74, 6) is 0.425. The number of fused-ring (bicyclic) bond motifs is 3. The van der Waals surface area contributed by atoms with E-state index in [9.17, 15) is 9.50 Å². The molecule has 3 heterocycles. The number of hydrogen-bond donors (Lipinski definition) is 1. The lowest BCUT2D eigenvalue weighted by Gasteiger charge is -2.48. The van der Waals surface area contributed by atoms with Gasteiger partial charge in [0.25, 0.3) is 0 Å². The highest BCUT2D eigenvalue weighted by molar-refractivity contribution is 6.30. The molecule has 3 aliphatic rings. The topological polar surface area (TPSA) is 23.5 Å². The van der Waals surface area contributed by atoms with Crippen molar-refractivity contribution in [1.29, 1.82) is 0 Å². The summed E-state index contributed by atoms with van der Waals surface area (Å²) >= 11 is 5.75. The number of piperidine rings is 3. The molecule has 4 heteroatoms. The van der Waals surface area contributed by atoms with E-state index < -0.39 is 6.23 Å². The second kappa shape index (κ2) is 4.80. The highest BCUT2D eigenvalue weighted by atomic mass is 35.5. The molecule has 0 aliphatic carbocycles. The number of hydrogen-bond acceptors (Lipinski definition) is 2. The van der Waals surface area contributed by atoms with Gasteiger partial charge in [0.05, 0.1) is 0 Å². The third-order valence-corrected chi connectivity index (χ3v) is 4.64. The SMILES string of the molecule is OC1C(Cc2ccc(Cl)cc2F)C2CCN1CC2. The zero-order chi connectivity index (χ0) is 12.7. The molecule has 3 saturated heterocycles. The molecule has 0 radical (unpaired) electrons. The van der Waals surface area contributed by atoms with Crippen LogP contribution < -0.4 is 0 Å². The van der Waals surface area contributed by atoms with E-state index in [1.807, 2.05) is 0 Å². The molecule has 4 rings (SSSR count). The van der Waals surface area contributed by atoms with E-state index in [0.717, 1.165) is 25.9 Å². The van der Waals surface area contributed by atoms with Crippen molar-refractivity contribution >= 4 is 11.6 Å². The fraction of sp³-hybridized carbons (Fsp3) is 0.571. The number of aliphatic hydroxyl groups excluding tert-OH is 1. The van der Waals surface area contributed by atoms with Crippen LogP contribution in [0.3, 0.4) is 0 Å². The first-order chi connectivity index (χ1) is 8.65. The van der Waals surface area contributed by atoms with Crippen LogP contribution in [0.2, 0.25) is 5.02 Å². The van der Waals surface area contributed by atoms with Crippen LogP contribution in [0.15, 0.2) is 18.2 Å².